The molecule has 0 amide bonds. The Morgan fingerprint density at radius 1 is 1.15 bits per heavy atom. The van der Waals surface area contributed by atoms with Crippen LogP contribution in [0.25, 0.3) is 0 Å². The van der Waals surface area contributed by atoms with Gasteiger partial charge in [-0.1, -0.05) is 58.4 Å². The Morgan fingerprint density at radius 3 is 2.38 bits per heavy atom. The van der Waals surface area contributed by atoms with Crippen LogP contribution in [0.15, 0.2) is 43.0 Å². The van der Waals surface area contributed by atoms with Crippen molar-refractivity contribution < 1.29 is 0 Å². The summed E-state index contributed by atoms with van der Waals surface area (Å²) in [4.78, 5) is 4.20. The predicted octanol–water partition coefficient (Wildman–Crippen LogP) is 6.02. The predicted molar refractivity (Wildman–Crippen MR) is 117 cm³/mol. The number of thioether (sulfide) groups is 2. The van der Waals surface area contributed by atoms with Crippen molar-refractivity contribution in [3.63, 3.8) is 0 Å². The number of aryl methyl sites for hydroxylation is 1. The van der Waals surface area contributed by atoms with Gasteiger partial charge >= 0.3 is 0 Å². The van der Waals surface area contributed by atoms with E-state index in [4.69, 9.17) is 0 Å². The molecular weight excluding hydrogens is 356 g/mol. The lowest BCUT2D eigenvalue weighted by Gasteiger charge is -2.39. The van der Waals surface area contributed by atoms with Crippen molar-refractivity contribution in [1.29, 1.82) is 0 Å². The fourth-order valence-electron chi connectivity index (χ4n) is 3.35. The summed E-state index contributed by atoms with van der Waals surface area (Å²) in [7, 11) is 0. The van der Waals surface area contributed by atoms with Gasteiger partial charge in [0.2, 0.25) is 0 Å². The van der Waals surface area contributed by atoms with Gasteiger partial charge in [0.15, 0.2) is 0 Å². The number of hydrogen-bond donors (Lipinski definition) is 0. The number of hydrogen-bond acceptors (Lipinski definition) is 3. The maximum atomic E-state index is 4.20. The summed E-state index contributed by atoms with van der Waals surface area (Å²) in [5, 5.41) is 0. The molecule has 0 spiro atoms. The fraction of sp³-hybridized carbons (Fsp3) is 0.591. The first kappa shape index (κ1) is 19.9. The number of benzene rings is 1. The first-order valence-corrected chi connectivity index (χ1v) is 11.7. The molecule has 0 N–H and O–H groups in total. The molecule has 1 aromatic carbocycles. The van der Waals surface area contributed by atoms with Crippen LogP contribution in [0.4, 0.5) is 0 Å². The van der Waals surface area contributed by atoms with Gasteiger partial charge in [-0.05, 0) is 46.8 Å². The summed E-state index contributed by atoms with van der Waals surface area (Å²) in [5.74, 6) is 3.47. The van der Waals surface area contributed by atoms with Crippen molar-refractivity contribution in [2.24, 2.45) is 5.92 Å². The van der Waals surface area contributed by atoms with Gasteiger partial charge in [-0.15, -0.1) is 23.5 Å². The summed E-state index contributed by atoms with van der Waals surface area (Å²) in [6.07, 6.45) is 9.55. The Morgan fingerprint density at radius 2 is 1.85 bits per heavy atom. The lowest BCUT2D eigenvalue weighted by Crippen LogP contribution is -2.32. The largest absolute Gasteiger partial charge is 0.337 e. The summed E-state index contributed by atoms with van der Waals surface area (Å²) < 4.78 is 2.51. The van der Waals surface area contributed by atoms with Gasteiger partial charge < -0.3 is 4.57 Å². The molecule has 0 aliphatic carbocycles. The molecule has 1 aliphatic heterocycles. The Labute approximate surface area is 167 Å². The van der Waals surface area contributed by atoms with E-state index in [1.807, 2.05) is 12.5 Å². The number of imidazole rings is 1. The number of nitrogens with zero attached hydrogens (tertiary/aromatic N) is 2. The molecule has 1 aromatic heterocycles. The smallest absolute Gasteiger partial charge is 0.0945 e. The Balaban J connectivity index is 1.72. The van der Waals surface area contributed by atoms with E-state index < -0.39 is 0 Å². The summed E-state index contributed by atoms with van der Waals surface area (Å²) in [6.45, 7) is 10.2. The normalized spacial score (nSPS) is 23.9. The monoisotopic (exact) mass is 388 g/mol. The molecule has 1 saturated heterocycles. The quantitative estimate of drug-likeness (QED) is 0.603. The van der Waals surface area contributed by atoms with E-state index in [2.05, 4.69) is 91.2 Å². The van der Waals surface area contributed by atoms with E-state index in [1.165, 1.54) is 35.5 Å². The van der Waals surface area contributed by atoms with E-state index in [1.54, 1.807) is 0 Å². The van der Waals surface area contributed by atoms with Crippen LogP contribution in [0.1, 0.15) is 51.7 Å². The zero-order chi connectivity index (χ0) is 18.6. The topological polar surface area (TPSA) is 17.8 Å². The minimum absolute atomic E-state index is 0.223. The molecule has 0 unspecified atom stereocenters. The molecule has 0 atom stereocenters. The van der Waals surface area contributed by atoms with Crippen LogP contribution < -0.4 is 0 Å². The second-order valence-electron chi connectivity index (χ2n) is 8.48. The molecular formula is C22H32N2S2. The Hall–Kier alpha value is -0.870. The lowest BCUT2D eigenvalue weighted by molar-refractivity contribution is 0.573. The van der Waals surface area contributed by atoms with Crippen LogP contribution in [-0.4, -0.2) is 25.1 Å². The summed E-state index contributed by atoms with van der Waals surface area (Å²) in [6, 6.07) is 9.36. The maximum Gasteiger partial charge on any atom is 0.0945 e. The van der Waals surface area contributed by atoms with Gasteiger partial charge in [-0.25, -0.2) is 4.98 Å². The summed E-state index contributed by atoms with van der Waals surface area (Å²) in [5.41, 5.74) is 3.11. The van der Waals surface area contributed by atoms with Crippen molar-refractivity contribution in [3.8, 4) is 0 Å². The van der Waals surface area contributed by atoms with Crippen molar-refractivity contribution in [2.45, 2.75) is 63.0 Å². The molecule has 0 bridgehead atoms. The molecule has 1 aliphatic rings. The average Bonchev–Trinajstić information content (AvgIpc) is 3.14. The van der Waals surface area contributed by atoms with Crippen molar-refractivity contribution in [1.82, 2.24) is 9.55 Å². The molecule has 3 rings (SSSR count). The minimum atomic E-state index is 0.223. The van der Waals surface area contributed by atoms with E-state index in [9.17, 15) is 0 Å². The number of aromatic nitrogens is 2. The van der Waals surface area contributed by atoms with Gasteiger partial charge in [-0.3, -0.25) is 0 Å². The third-order valence-corrected chi connectivity index (χ3v) is 9.08. The highest BCUT2D eigenvalue weighted by molar-refractivity contribution is 8.18. The number of rotatable bonds is 6. The van der Waals surface area contributed by atoms with E-state index in [0.717, 1.165) is 18.9 Å². The SMILES string of the molecule is CCC1CSC(CCn2ccnc2)(Cc2ccc(C(C)(C)C)cc2)SC1. The standard InChI is InChI=1S/C22H32N2S2/c1-5-18-15-25-22(26-16-18,10-12-24-13-11-23-17-24)14-19-6-8-20(9-7-19)21(2,3)4/h6-9,11,13,17-18H,5,10,12,14-16H2,1-4H3. The van der Waals surface area contributed by atoms with Gasteiger partial charge in [0.1, 0.15) is 0 Å². The first-order valence-electron chi connectivity index (χ1n) is 9.73. The fourth-order valence-corrected chi connectivity index (χ4v) is 7.04. The van der Waals surface area contributed by atoms with E-state index in [-0.39, 0.29) is 5.41 Å². The third-order valence-electron chi connectivity index (χ3n) is 5.35. The van der Waals surface area contributed by atoms with Gasteiger partial charge in [-0.2, -0.15) is 0 Å². The summed E-state index contributed by atoms with van der Waals surface area (Å²) >= 11 is 4.40. The minimum Gasteiger partial charge on any atom is -0.337 e. The van der Waals surface area contributed by atoms with Crippen molar-refractivity contribution in [3.05, 3.63) is 54.1 Å². The lowest BCUT2D eigenvalue weighted by atomic mass is 9.86. The molecule has 1 fully saturated rings. The van der Waals surface area contributed by atoms with Gasteiger partial charge in [0, 0.05) is 18.9 Å². The van der Waals surface area contributed by atoms with E-state index in [0.29, 0.717) is 4.08 Å². The molecule has 2 nitrogen and oxygen atoms in total. The molecule has 0 saturated carbocycles. The second kappa shape index (κ2) is 8.43. The van der Waals surface area contributed by atoms with Crippen LogP contribution in [0.5, 0.6) is 0 Å². The van der Waals surface area contributed by atoms with Crippen LogP contribution >= 0.6 is 23.5 Å². The highest BCUT2D eigenvalue weighted by Gasteiger charge is 2.36. The third kappa shape index (κ3) is 5.10. The molecule has 0 radical (unpaired) electrons. The Kier molecular flexibility index (Phi) is 6.45. The zero-order valence-electron chi connectivity index (χ0n) is 16.6. The highest BCUT2D eigenvalue weighted by Crippen LogP contribution is 2.49. The van der Waals surface area contributed by atoms with Crippen LogP contribution in [0, 0.1) is 5.92 Å². The second-order valence-corrected chi connectivity index (χ2v) is 11.5. The average molecular weight is 389 g/mol. The van der Waals surface area contributed by atoms with Crippen LogP contribution in [0.3, 0.4) is 0 Å². The molecule has 142 valence electrons. The molecule has 2 heterocycles. The zero-order valence-corrected chi connectivity index (χ0v) is 18.2. The van der Waals surface area contributed by atoms with Gasteiger partial charge in [0.25, 0.3) is 0 Å². The van der Waals surface area contributed by atoms with Crippen LogP contribution in [-0.2, 0) is 18.4 Å². The van der Waals surface area contributed by atoms with E-state index >= 15 is 0 Å². The maximum absolute atomic E-state index is 4.20. The Bertz CT molecular complexity index is 663. The first-order chi connectivity index (χ1) is 12.4. The van der Waals surface area contributed by atoms with Crippen LogP contribution in [0.2, 0.25) is 0 Å². The molecule has 4 heteroatoms. The van der Waals surface area contributed by atoms with Gasteiger partial charge in [0.05, 0.1) is 10.4 Å². The van der Waals surface area contributed by atoms with Crippen molar-refractivity contribution >= 4 is 23.5 Å². The molecule has 2 aromatic rings. The van der Waals surface area contributed by atoms with Crippen molar-refractivity contribution in [2.75, 3.05) is 11.5 Å². The highest BCUT2D eigenvalue weighted by atomic mass is 32.2. The molecule has 26 heavy (non-hydrogen) atoms.